The van der Waals surface area contributed by atoms with E-state index in [1.807, 2.05) is 0 Å². The summed E-state index contributed by atoms with van der Waals surface area (Å²) < 4.78 is -1.17. The van der Waals surface area contributed by atoms with Crippen LogP contribution in [0.3, 0.4) is 0 Å². The van der Waals surface area contributed by atoms with Gasteiger partial charge >= 0.3 is 0 Å². The van der Waals surface area contributed by atoms with Gasteiger partial charge in [0.05, 0.1) is 28.2 Å². The summed E-state index contributed by atoms with van der Waals surface area (Å²) in [6, 6.07) is 6.93. The molecule has 0 heterocycles. The van der Waals surface area contributed by atoms with Crippen molar-refractivity contribution in [2.75, 3.05) is 28.2 Å². The van der Waals surface area contributed by atoms with E-state index >= 15 is 0 Å². The Bertz CT molecular complexity index is 291. The second-order valence-corrected chi connectivity index (χ2v) is 4.19. The van der Waals surface area contributed by atoms with Crippen molar-refractivity contribution in [1.82, 2.24) is 9.29 Å². The van der Waals surface area contributed by atoms with Crippen LogP contribution in [-0.4, -0.2) is 28.2 Å². The van der Waals surface area contributed by atoms with Crippen molar-refractivity contribution in [2.24, 2.45) is 0 Å². The minimum Gasteiger partial charge on any atom is -0.628 e. The normalized spacial score (nSPS) is 13.0. The molecule has 0 unspecified atom stereocenters. The van der Waals surface area contributed by atoms with Gasteiger partial charge in [0.25, 0.3) is 0 Å². The number of quaternary nitrogens is 2. The lowest BCUT2D eigenvalue weighted by Crippen LogP contribution is -2.39. The van der Waals surface area contributed by atoms with E-state index in [-0.39, 0.29) is 0 Å². The van der Waals surface area contributed by atoms with Crippen LogP contribution < -0.4 is 9.29 Å². The molecule has 78 valence electrons. The SMILES string of the molecule is C[N+](C)([O-])c1ccccc1[N+](C)(C)[O-]. The number of hydrogen-bond donors (Lipinski definition) is 0. The molecule has 0 N–H and O–H groups in total. The number of para-hydroxylation sites is 2. The van der Waals surface area contributed by atoms with E-state index in [0.717, 1.165) is 0 Å². The second kappa shape index (κ2) is 3.33. The molecule has 0 saturated heterocycles. The highest BCUT2D eigenvalue weighted by atomic mass is 16.6. The predicted molar refractivity (Wildman–Crippen MR) is 60.5 cm³/mol. The number of hydroxylamine groups is 4. The molecule has 4 heteroatoms. The summed E-state index contributed by atoms with van der Waals surface area (Å²) in [4.78, 5) is 0. The van der Waals surface area contributed by atoms with Crippen molar-refractivity contribution in [1.29, 1.82) is 0 Å². The lowest BCUT2D eigenvalue weighted by molar-refractivity contribution is 0.498. The molecule has 0 aliphatic heterocycles. The zero-order valence-electron chi connectivity index (χ0n) is 9.02. The minimum absolute atomic E-state index is 0.507. The van der Waals surface area contributed by atoms with Crippen molar-refractivity contribution in [3.05, 3.63) is 34.7 Å². The maximum atomic E-state index is 11.8. The molecule has 0 spiro atoms. The average molecular weight is 196 g/mol. The monoisotopic (exact) mass is 196 g/mol. The van der Waals surface area contributed by atoms with Gasteiger partial charge in [-0.3, -0.25) is 0 Å². The molecule has 0 radical (unpaired) electrons. The Balaban J connectivity index is 3.31. The summed E-state index contributed by atoms with van der Waals surface area (Å²) in [7, 11) is 6.03. The van der Waals surface area contributed by atoms with E-state index in [9.17, 15) is 10.4 Å². The summed E-state index contributed by atoms with van der Waals surface area (Å²) in [6.45, 7) is 0. The van der Waals surface area contributed by atoms with Crippen LogP contribution in [0.4, 0.5) is 11.4 Å². The van der Waals surface area contributed by atoms with Crippen LogP contribution in [0, 0.1) is 10.4 Å². The van der Waals surface area contributed by atoms with Crippen LogP contribution in [0.1, 0.15) is 0 Å². The van der Waals surface area contributed by atoms with Gasteiger partial charge in [0.1, 0.15) is 0 Å². The second-order valence-electron chi connectivity index (χ2n) is 4.19. The third-order valence-electron chi connectivity index (χ3n) is 2.04. The standard InChI is InChI=1S/C10H16N2O2/c1-11(2,13)9-7-5-6-8-10(9)12(3,4)14/h5-8H,1-4H3. The van der Waals surface area contributed by atoms with Gasteiger partial charge in [-0.2, -0.15) is 0 Å². The number of benzene rings is 1. The molecular formula is C10H16N2O2. The Morgan fingerprint density at radius 3 is 1.29 bits per heavy atom. The Labute approximate surface area is 84.3 Å². The van der Waals surface area contributed by atoms with E-state index in [2.05, 4.69) is 0 Å². The first-order valence-electron chi connectivity index (χ1n) is 4.43. The molecule has 1 aromatic carbocycles. The van der Waals surface area contributed by atoms with Gasteiger partial charge in [0, 0.05) is 12.1 Å². The highest BCUT2D eigenvalue weighted by Crippen LogP contribution is 2.32. The fourth-order valence-electron chi connectivity index (χ4n) is 1.37. The summed E-state index contributed by atoms with van der Waals surface area (Å²) in [5, 5.41) is 23.5. The van der Waals surface area contributed by atoms with Crippen molar-refractivity contribution < 1.29 is 0 Å². The molecule has 14 heavy (non-hydrogen) atoms. The Kier molecular flexibility index (Phi) is 2.65. The molecule has 0 atom stereocenters. The quantitative estimate of drug-likeness (QED) is 0.535. The van der Waals surface area contributed by atoms with Crippen molar-refractivity contribution in [3.8, 4) is 0 Å². The van der Waals surface area contributed by atoms with Crippen LogP contribution in [0.5, 0.6) is 0 Å². The van der Waals surface area contributed by atoms with Crippen LogP contribution in [-0.2, 0) is 0 Å². The van der Waals surface area contributed by atoms with E-state index in [1.165, 1.54) is 28.2 Å². The predicted octanol–water partition coefficient (Wildman–Crippen LogP) is 1.82. The molecule has 0 amide bonds. The number of nitrogens with zero attached hydrogens (tertiary/aromatic N) is 2. The smallest absolute Gasteiger partial charge is 0.194 e. The topological polar surface area (TPSA) is 46.1 Å². The molecular weight excluding hydrogens is 180 g/mol. The summed E-state index contributed by atoms with van der Waals surface area (Å²) in [5.41, 5.74) is 1.01. The Hall–Kier alpha value is -0.940. The molecule has 1 rings (SSSR count). The van der Waals surface area contributed by atoms with Gasteiger partial charge in [0.2, 0.25) is 0 Å². The highest BCUT2D eigenvalue weighted by molar-refractivity contribution is 5.66. The zero-order valence-corrected chi connectivity index (χ0v) is 9.02. The van der Waals surface area contributed by atoms with E-state index in [4.69, 9.17) is 0 Å². The van der Waals surface area contributed by atoms with Crippen LogP contribution in [0.25, 0.3) is 0 Å². The van der Waals surface area contributed by atoms with Gasteiger partial charge < -0.3 is 19.7 Å². The molecule has 0 aliphatic carbocycles. The fourth-order valence-corrected chi connectivity index (χ4v) is 1.37. The van der Waals surface area contributed by atoms with Gasteiger partial charge in [-0.05, 0) is 0 Å². The third-order valence-corrected chi connectivity index (χ3v) is 2.04. The average Bonchev–Trinajstić information content (AvgIpc) is 2.01. The molecule has 0 saturated carbocycles. The first-order chi connectivity index (χ1) is 6.23. The molecule has 0 aliphatic rings. The van der Waals surface area contributed by atoms with E-state index in [1.54, 1.807) is 24.3 Å². The highest BCUT2D eigenvalue weighted by Gasteiger charge is 2.21. The Morgan fingerprint density at radius 1 is 0.786 bits per heavy atom. The van der Waals surface area contributed by atoms with Gasteiger partial charge in [-0.15, -0.1) is 0 Å². The van der Waals surface area contributed by atoms with Crippen LogP contribution in [0.2, 0.25) is 0 Å². The first-order valence-corrected chi connectivity index (χ1v) is 4.43. The number of hydrogen-bond acceptors (Lipinski definition) is 2. The van der Waals surface area contributed by atoms with Crippen molar-refractivity contribution in [2.45, 2.75) is 0 Å². The number of rotatable bonds is 2. The maximum absolute atomic E-state index is 11.8. The molecule has 0 aromatic heterocycles. The lowest BCUT2D eigenvalue weighted by Gasteiger charge is -2.40. The van der Waals surface area contributed by atoms with Gasteiger partial charge in [-0.25, -0.2) is 0 Å². The summed E-state index contributed by atoms with van der Waals surface area (Å²) in [5.74, 6) is 0. The summed E-state index contributed by atoms with van der Waals surface area (Å²) in [6.07, 6.45) is 0. The Morgan fingerprint density at radius 2 is 1.07 bits per heavy atom. The molecule has 0 bridgehead atoms. The van der Waals surface area contributed by atoms with E-state index < -0.39 is 9.29 Å². The largest absolute Gasteiger partial charge is 0.628 e. The molecule has 1 aromatic rings. The molecule has 0 fully saturated rings. The van der Waals surface area contributed by atoms with Crippen LogP contribution in [0.15, 0.2) is 24.3 Å². The third kappa shape index (κ3) is 2.30. The van der Waals surface area contributed by atoms with Crippen molar-refractivity contribution in [3.63, 3.8) is 0 Å². The maximum Gasteiger partial charge on any atom is 0.194 e. The van der Waals surface area contributed by atoms with Gasteiger partial charge in [0.15, 0.2) is 11.4 Å². The lowest BCUT2D eigenvalue weighted by atomic mass is 10.2. The molecule has 4 nitrogen and oxygen atoms in total. The van der Waals surface area contributed by atoms with Gasteiger partial charge in [-0.1, -0.05) is 12.1 Å². The van der Waals surface area contributed by atoms with Crippen molar-refractivity contribution >= 4 is 11.4 Å². The summed E-state index contributed by atoms with van der Waals surface area (Å²) >= 11 is 0. The van der Waals surface area contributed by atoms with Crippen LogP contribution >= 0.6 is 0 Å². The minimum atomic E-state index is -0.583. The zero-order chi connectivity index (χ0) is 11.0. The fraction of sp³-hybridized carbons (Fsp3) is 0.400. The first kappa shape index (κ1) is 11.1. The van der Waals surface area contributed by atoms with E-state index in [0.29, 0.717) is 11.4 Å².